The molecule has 1 rings (SSSR count). The van der Waals surface area contributed by atoms with Gasteiger partial charge in [0.2, 0.25) is 0 Å². The van der Waals surface area contributed by atoms with Crippen molar-refractivity contribution in [2.24, 2.45) is 0 Å². The highest BCUT2D eigenvalue weighted by Gasteiger charge is 2.14. The lowest BCUT2D eigenvalue weighted by molar-refractivity contribution is -0.123. The fourth-order valence-corrected chi connectivity index (χ4v) is 2.38. The maximum atomic E-state index is 11.9. The third-order valence-corrected chi connectivity index (χ3v) is 3.76. The summed E-state index contributed by atoms with van der Waals surface area (Å²) in [5.41, 5.74) is 1.10. The smallest absolute Gasteiger partial charge is 0.258 e. The Kier molecular flexibility index (Phi) is 7.83. The van der Waals surface area contributed by atoms with Crippen molar-refractivity contribution in [3.8, 4) is 5.75 Å². The minimum Gasteiger partial charge on any atom is -0.483 e. The molecule has 0 saturated heterocycles. The lowest BCUT2D eigenvalue weighted by Crippen LogP contribution is -2.37. The van der Waals surface area contributed by atoms with Crippen molar-refractivity contribution < 1.29 is 9.53 Å². The molecule has 118 valence electrons. The molecule has 0 bridgehead atoms. The lowest BCUT2D eigenvalue weighted by Gasteiger charge is -2.19. The van der Waals surface area contributed by atoms with Gasteiger partial charge in [0.05, 0.1) is 0 Å². The number of hydrogen-bond acceptors (Lipinski definition) is 3. The molecular formula is C17H28N2O2. The number of nitrogens with one attached hydrogen (secondary N) is 2. The third-order valence-electron chi connectivity index (χ3n) is 3.76. The number of hydrogen-bond donors (Lipinski definition) is 2. The van der Waals surface area contributed by atoms with Gasteiger partial charge in [0.1, 0.15) is 5.75 Å². The zero-order valence-electron chi connectivity index (χ0n) is 13.6. The first-order chi connectivity index (χ1) is 10.2. The highest BCUT2D eigenvalue weighted by Crippen LogP contribution is 2.26. The zero-order valence-corrected chi connectivity index (χ0v) is 13.6. The van der Waals surface area contributed by atoms with Crippen LogP contribution in [0.15, 0.2) is 24.3 Å². The van der Waals surface area contributed by atoms with E-state index in [1.807, 2.05) is 31.3 Å². The molecule has 1 unspecified atom stereocenters. The zero-order chi connectivity index (χ0) is 15.7. The lowest BCUT2D eigenvalue weighted by atomic mass is 10.0. The van der Waals surface area contributed by atoms with Crippen LogP contribution in [0.2, 0.25) is 0 Å². The highest BCUT2D eigenvalue weighted by molar-refractivity contribution is 5.77. The van der Waals surface area contributed by atoms with E-state index >= 15 is 0 Å². The molecule has 1 amide bonds. The summed E-state index contributed by atoms with van der Waals surface area (Å²) in [5.74, 6) is 0.717. The van der Waals surface area contributed by atoms with Crippen molar-refractivity contribution in [3.63, 3.8) is 0 Å². The molecule has 0 aliphatic carbocycles. The molecule has 0 spiro atoms. The van der Waals surface area contributed by atoms with E-state index in [0.29, 0.717) is 0 Å². The van der Waals surface area contributed by atoms with Crippen LogP contribution in [0.5, 0.6) is 5.75 Å². The molecule has 0 fully saturated rings. The molecule has 1 aromatic carbocycles. The van der Waals surface area contributed by atoms with Crippen molar-refractivity contribution in [3.05, 3.63) is 29.8 Å². The molecule has 1 atom stereocenters. The van der Waals surface area contributed by atoms with E-state index in [2.05, 4.69) is 31.4 Å². The standard InChI is InChI=1S/C17H28N2O2/c1-5-13(6-2)19-17(20)12-21-16-11-9-8-10-14(16)15(7-3)18-4/h8-11,13,15,18H,5-7,12H2,1-4H3,(H,19,20). The second-order valence-electron chi connectivity index (χ2n) is 5.16. The summed E-state index contributed by atoms with van der Waals surface area (Å²) in [7, 11) is 1.94. The molecule has 0 aliphatic rings. The van der Waals surface area contributed by atoms with Gasteiger partial charge in [-0.3, -0.25) is 4.79 Å². The predicted octanol–water partition coefficient (Wildman–Crippen LogP) is 3.04. The van der Waals surface area contributed by atoms with Gasteiger partial charge in [-0.2, -0.15) is 0 Å². The largest absolute Gasteiger partial charge is 0.483 e. The van der Waals surface area contributed by atoms with Crippen molar-refractivity contribution in [2.75, 3.05) is 13.7 Å². The van der Waals surface area contributed by atoms with Gasteiger partial charge in [-0.05, 0) is 32.4 Å². The summed E-state index contributed by atoms with van der Waals surface area (Å²) in [5, 5.41) is 6.25. The van der Waals surface area contributed by atoms with Gasteiger partial charge in [-0.25, -0.2) is 0 Å². The van der Waals surface area contributed by atoms with Gasteiger partial charge < -0.3 is 15.4 Å². The van der Waals surface area contributed by atoms with Crippen molar-refractivity contribution in [2.45, 2.75) is 52.1 Å². The number of ether oxygens (including phenoxy) is 1. The normalized spacial score (nSPS) is 12.2. The Hall–Kier alpha value is -1.55. The van der Waals surface area contributed by atoms with Gasteiger partial charge in [0, 0.05) is 17.6 Å². The molecule has 0 saturated carbocycles. The van der Waals surface area contributed by atoms with E-state index in [9.17, 15) is 4.79 Å². The van der Waals surface area contributed by atoms with Crippen LogP contribution in [-0.2, 0) is 4.79 Å². The third kappa shape index (κ3) is 5.38. The molecule has 2 N–H and O–H groups in total. The van der Waals surface area contributed by atoms with Crippen LogP contribution in [0.3, 0.4) is 0 Å². The number of benzene rings is 1. The predicted molar refractivity (Wildman–Crippen MR) is 86.5 cm³/mol. The fourth-order valence-electron chi connectivity index (χ4n) is 2.38. The molecule has 0 radical (unpaired) electrons. The molecule has 0 heterocycles. The number of para-hydroxylation sites is 1. The maximum Gasteiger partial charge on any atom is 0.258 e. The Balaban J connectivity index is 2.65. The summed E-state index contributed by atoms with van der Waals surface area (Å²) < 4.78 is 5.72. The second-order valence-corrected chi connectivity index (χ2v) is 5.16. The molecule has 0 aromatic heterocycles. The Morgan fingerprint density at radius 1 is 1.14 bits per heavy atom. The van der Waals surface area contributed by atoms with Crippen LogP contribution >= 0.6 is 0 Å². The highest BCUT2D eigenvalue weighted by atomic mass is 16.5. The second kappa shape index (κ2) is 9.40. The first kappa shape index (κ1) is 17.5. The van der Waals surface area contributed by atoms with E-state index in [0.717, 1.165) is 30.6 Å². The summed E-state index contributed by atoms with van der Waals surface area (Å²) in [4.78, 5) is 11.9. The molecule has 1 aromatic rings. The summed E-state index contributed by atoms with van der Waals surface area (Å²) in [6, 6.07) is 8.35. The number of amides is 1. The molecule has 0 aliphatic heterocycles. The van der Waals surface area contributed by atoms with E-state index in [4.69, 9.17) is 4.74 Å². The monoisotopic (exact) mass is 292 g/mol. The molecular weight excluding hydrogens is 264 g/mol. The Morgan fingerprint density at radius 3 is 2.38 bits per heavy atom. The Labute approximate surface area is 128 Å². The average Bonchev–Trinajstić information content (AvgIpc) is 2.52. The van der Waals surface area contributed by atoms with Gasteiger partial charge in [-0.15, -0.1) is 0 Å². The number of carbonyl (C=O) groups is 1. The van der Waals surface area contributed by atoms with Crippen molar-refractivity contribution >= 4 is 5.91 Å². The van der Waals surface area contributed by atoms with E-state index < -0.39 is 0 Å². The summed E-state index contributed by atoms with van der Waals surface area (Å²) >= 11 is 0. The maximum absolute atomic E-state index is 11.9. The van der Waals surface area contributed by atoms with Gasteiger partial charge in [-0.1, -0.05) is 39.0 Å². The van der Waals surface area contributed by atoms with Crippen molar-refractivity contribution in [1.29, 1.82) is 0 Å². The minimum atomic E-state index is -0.0593. The van der Waals surface area contributed by atoms with Crippen LogP contribution < -0.4 is 15.4 Å². The van der Waals surface area contributed by atoms with Gasteiger partial charge >= 0.3 is 0 Å². The number of rotatable bonds is 9. The fraction of sp³-hybridized carbons (Fsp3) is 0.588. The SMILES string of the molecule is CCC(CC)NC(=O)COc1ccccc1C(CC)NC. The van der Waals surface area contributed by atoms with Crippen LogP contribution in [0.25, 0.3) is 0 Å². The topological polar surface area (TPSA) is 50.4 Å². The minimum absolute atomic E-state index is 0.0593. The van der Waals surface area contributed by atoms with E-state index in [1.54, 1.807) is 0 Å². The average molecular weight is 292 g/mol. The first-order valence-corrected chi connectivity index (χ1v) is 7.84. The Bertz CT molecular complexity index is 427. The molecule has 4 nitrogen and oxygen atoms in total. The van der Waals surface area contributed by atoms with Crippen LogP contribution in [0, 0.1) is 0 Å². The van der Waals surface area contributed by atoms with Crippen LogP contribution in [-0.4, -0.2) is 25.6 Å². The first-order valence-electron chi connectivity index (χ1n) is 7.84. The number of carbonyl (C=O) groups excluding carboxylic acids is 1. The Morgan fingerprint density at radius 2 is 1.81 bits per heavy atom. The van der Waals surface area contributed by atoms with E-state index in [1.165, 1.54) is 0 Å². The van der Waals surface area contributed by atoms with Gasteiger partial charge in [0.15, 0.2) is 6.61 Å². The summed E-state index contributed by atoms with van der Waals surface area (Å²) in [6.07, 6.45) is 2.85. The van der Waals surface area contributed by atoms with Crippen LogP contribution in [0.4, 0.5) is 0 Å². The van der Waals surface area contributed by atoms with Gasteiger partial charge in [0.25, 0.3) is 5.91 Å². The van der Waals surface area contributed by atoms with E-state index in [-0.39, 0.29) is 24.6 Å². The molecule has 21 heavy (non-hydrogen) atoms. The quantitative estimate of drug-likeness (QED) is 0.735. The summed E-state index contributed by atoms with van der Waals surface area (Å²) in [6.45, 7) is 6.33. The van der Waals surface area contributed by atoms with Crippen molar-refractivity contribution in [1.82, 2.24) is 10.6 Å². The molecule has 4 heteroatoms. The van der Waals surface area contributed by atoms with Crippen LogP contribution in [0.1, 0.15) is 51.6 Å².